The molecule has 0 amide bonds. The molecule has 2 heterocycles. The lowest BCUT2D eigenvalue weighted by atomic mass is 10.0. The van der Waals surface area contributed by atoms with Crippen molar-refractivity contribution < 1.29 is 9.84 Å². The molecule has 2 aliphatic rings. The van der Waals surface area contributed by atoms with Crippen molar-refractivity contribution in [1.82, 2.24) is 4.90 Å². The summed E-state index contributed by atoms with van der Waals surface area (Å²) in [6, 6.07) is 7.90. The molecule has 17 heavy (non-hydrogen) atoms. The number of likely N-dealkylation sites (tertiary alicyclic amines) is 1. The molecule has 1 aromatic rings. The SMILES string of the molecule is CC(c1ccccc1O)N1CC2CCC(C1)O2. The van der Waals surface area contributed by atoms with Crippen LogP contribution in [0.4, 0.5) is 0 Å². The van der Waals surface area contributed by atoms with Crippen molar-refractivity contribution in [2.24, 2.45) is 0 Å². The van der Waals surface area contributed by atoms with Gasteiger partial charge in [0.1, 0.15) is 5.75 Å². The number of phenolic OH excluding ortho intramolecular Hbond substituents is 1. The van der Waals surface area contributed by atoms with Gasteiger partial charge in [-0.15, -0.1) is 0 Å². The molecule has 3 nitrogen and oxygen atoms in total. The normalized spacial score (nSPS) is 30.4. The highest BCUT2D eigenvalue weighted by Crippen LogP contribution is 2.34. The fraction of sp³-hybridized carbons (Fsp3) is 0.571. The Labute approximate surface area is 102 Å². The highest BCUT2D eigenvalue weighted by Gasteiger charge is 2.36. The molecule has 3 atom stereocenters. The quantitative estimate of drug-likeness (QED) is 0.851. The second kappa shape index (κ2) is 4.31. The third-order valence-electron chi connectivity index (χ3n) is 4.01. The van der Waals surface area contributed by atoms with Crippen LogP contribution in [-0.4, -0.2) is 35.3 Å². The third kappa shape index (κ3) is 2.05. The molecular weight excluding hydrogens is 214 g/mol. The molecule has 1 aromatic carbocycles. The van der Waals surface area contributed by atoms with Crippen molar-refractivity contribution in [2.75, 3.05) is 13.1 Å². The Kier molecular flexibility index (Phi) is 2.81. The van der Waals surface area contributed by atoms with Crippen molar-refractivity contribution in [3.8, 4) is 5.75 Å². The molecule has 1 N–H and O–H groups in total. The molecule has 3 heteroatoms. The maximum atomic E-state index is 9.90. The number of rotatable bonds is 2. The lowest BCUT2D eigenvalue weighted by Crippen LogP contribution is -2.43. The summed E-state index contributed by atoms with van der Waals surface area (Å²) in [7, 11) is 0. The summed E-state index contributed by atoms with van der Waals surface area (Å²) in [5.41, 5.74) is 1.02. The first-order chi connectivity index (χ1) is 8.24. The van der Waals surface area contributed by atoms with E-state index in [1.54, 1.807) is 6.07 Å². The van der Waals surface area contributed by atoms with Crippen molar-refractivity contribution in [2.45, 2.75) is 38.0 Å². The summed E-state index contributed by atoms with van der Waals surface area (Å²) in [4.78, 5) is 2.43. The van der Waals surface area contributed by atoms with E-state index in [2.05, 4.69) is 11.8 Å². The van der Waals surface area contributed by atoms with E-state index >= 15 is 0 Å². The van der Waals surface area contributed by atoms with Gasteiger partial charge < -0.3 is 9.84 Å². The second-order valence-corrected chi connectivity index (χ2v) is 5.15. The van der Waals surface area contributed by atoms with E-state index in [-0.39, 0.29) is 6.04 Å². The zero-order valence-electron chi connectivity index (χ0n) is 10.2. The summed E-state index contributed by atoms with van der Waals surface area (Å²) in [6.07, 6.45) is 3.19. The number of ether oxygens (including phenoxy) is 1. The van der Waals surface area contributed by atoms with Crippen molar-refractivity contribution in [3.05, 3.63) is 29.8 Å². The summed E-state index contributed by atoms with van der Waals surface area (Å²) in [5.74, 6) is 0.402. The van der Waals surface area contributed by atoms with Crippen LogP contribution in [0.2, 0.25) is 0 Å². The van der Waals surface area contributed by atoms with Crippen LogP contribution < -0.4 is 0 Å². The summed E-state index contributed by atoms with van der Waals surface area (Å²) in [6.45, 7) is 4.15. The van der Waals surface area contributed by atoms with Crippen LogP contribution in [0.15, 0.2) is 24.3 Å². The van der Waals surface area contributed by atoms with Gasteiger partial charge in [-0.1, -0.05) is 18.2 Å². The van der Waals surface area contributed by atoms with Gasteiger partial charge in [-0.25, -0.2) is 0 Å². The molecule has 2 fully saturated rings. The number of nitrogens with zero attached hydrogens (tertiary/aromatic N) is 1. The first kappa shape index (κ1) is 11.1. The second-order valence-electron chi connectivity index (χ2n) is 5.15. The number of benzene rings is 1. The molecule has 0 spiro atoms. The lowest BCUT2D eigenvalue weighted by molar-refractivity contribution is -0.0511. The maximum absolute atomic E-state index is 9.90. The average Bonchev–Trinajstić information content (AvgIpc) is 2.68. The van der Waals surface area contributed by atoms with E-state index < -0.39 is 0 Å². The van der Waals surface area contributed by atoms with Crippen LogP contribution in [0.5, 0.6) is 5.75 Å². The first-order valence-corrected chi connectivity index (χ1v) is 6.41. The minimum atomic E-state index is 0.267. The minimum absolute atomic E-state index is 0.267. The molecule has 2 saturated heterocycles. The van der Waals surface area contributed by atoms with Gasteiger partial charge in [0.05, 0.1) is 12.2 Å². The predicted octanol–water partition coefficient (Wildman–Crippen LogP) is 2.32. The van der Waals surface area contributed by atoms with Crippen LogP contribution in [0.25, 0.3) is 0 Å². The fourth-order valence-electron chi connectivity index (χ4n) is 3.00. The Hall–Kier alpha value is -1.06. The molecule has 3 unspecified atom stereocenters. The highest BCUT2D eigenvalue weighted by atomic mass is 16.5. The Morgan fingerprint density at radius 2 is 1.88 bits per heavy atom. The van der Waals surface area contributed by atoms with Gasteiger partial charge in [-0.3, -0.25) is 4.90 Å². The lowest BCUT2D eigenvalue weighted by Gasteiger charge is -2.36. The summed E-state index contributed by atoms with van der Waals surface area (Å²) >= 11 is 0. The van der Waals surface area contributed by atoms with Crippen molar-refractivity contribution >= 4 is 0 Å². The molecule has 0 saturated carbocycles. The maximum Gasteiger partial charge on any atom is 0.120 e. The molecule has 0 aromatic heterocycles. The molecular formula is C14H19NO2. The van der Waals surface area contributed by atoms with Crippen LogP contribution in [0.1, 0.15) is 31.4 Å². The first-order valence-electron chi connectivity index (χ1n) is 6.41. The van der Waals surface area contributed by atoms with E-state index in [0.29, 0.717) is 18.0 Å². The Balaban J connectivity index is 1.78. The number of hydrogen-bond acceptors (Lipinski definition) is 3. The molecule has 2 bridgehead atoms. The Morgan fingerprint density at radius 3 is 2.53 bits per heavy atom. The number of para-hydroxylation sites is 1. The smallest absolute Gasteiger partial charge is 0.120 e. The Morgan fingerprint density at radius 1 is 1.24 bits per heavy atom. The number of hydrogen-bond donors (Lipinski definition) is 1. The summed E-state index contributed by atoms with van der Waals surface area (Å²) in [5, 5.41) is 9.90. The van der Waals surface area contributed by atoms with E-state index in [1.807, 2.05) is 18.2 Å². The highest BCUT2D eigenvalue weighted by molar-refractivity contribution is 5.34. The van der Waals surface area contributed by atoms with Crippen LogP contribution >= 0.6 is 0 Å². The molecule has 0 aliphatic carbocycles. The monoisotopic (exact) mass is 233 g/mol. The van der Waals surface area contributed by atoms with Crippen molar-refractivity contribution in [1.29, 1.82) is 0 Å². The van der Waals surface area contributed by atoms with E-state index in [9.17, 15) is 5.11 Å². The van der Waals surface area contributed by atoms with Gasteiger partial charge in [0, 0.05) is 24.7 Å². The zero-order valence-corrected chi connectivity index (χ0v) is 10.2. The zero-order chi connectivity index (χ0) is 11.8. The number of aromatic hydroxyl groups is 1. The van der Waals surface area contributed by atoms with Gasteiger partial charge in [0.2, 0.25) is 0 Å². The number of fused-ring (bicyclic) bond motifs is 2. The van der Waals surface area contributed by atoms with E-state index in [0.717, 1.165) is 18.7 Å². The number of morpholine rings is 1. The molecule has 0 radical (unpaired) electrons. The molecule has 92 valence electrons. The molecule has 3 rings (SSSR count). The van der Waals surface area contributed by atoms with E-state index in [1.165, 1.54) is 12.8 Å². The molecule has 2 aliphatic heterocycles. The fourth-order valence-corrected chi connectivity index (χ4v) is 3.00. The number of phenols is 1. The van der Waals surface area contributed by atoms with Gasteiger partial charge in [-0.2, -0.15) is 0 Å². The minimum Gasteiger partial charge on any atom is -0.508 e. The average molecular weight is 233 g/mol. The standard InChI is InChI=1S/C14H19NO2/c1-10(13-4-2-3-5-14(13)16)15-8-11-6-7-12(9-15)17-11/h2-5,10-12,16H,6-9H2,1H3. The van der Waals surface area contributed by atoms with Gasteiger partial charge in [0.15, 0.2) is 0 Å². The summed E-state index contributed by atoms with van der Waals surface area (Å²) < 4.78 is 5.84. The predicted molar refractivity (Wildman–Crippen MR) is 66.0 cm³/mol. The van der Waals surface area contributed by atoms with Gasteiger partial charge in [-0.05, 0) is 25.8 Å². The largest absolute Gasteiger partial charge is 0.508 e. The van der Waals surface area contributed by atoms with Crippen LogP contribution in [0, 0.1) is 0 Å². The topological polar surface area (TPSA) is 32.7 Å². The van der Waals surface area contributed by atoms with Crippen molar-refractivity contribution in [3.63, 3.8) is 0 Å². The van der Waals surface area contributed by atoms with Gasteiger partial charge in [0.25, 0.3) is 0 Å². The third-order valence-corrected chi connectivity index (χ3v) is 4.01. The van der Waals surface area contributed by atoms with E-state index in [4.69, 9.17) is 4.74 Å². The van der Waals surface area contributed by atoms with Crippen LogP contribution in [0.3, 0.4) is 0 Å². The van der Waals surface area contributed by atoms with Gasteiger partial charge >= 0.3 is 0 Å². The van der Waals surface area contributed by atoms with Crippen LogP contribution in [-0.2, 0) is 4.74 Å². The Bertz CT molecular complexity index is 395.